The summed E-state index contributed by atoms with van der Waals surface area (Å²) in [6, 6.07) is 6.90. The average Bonchev–Trinajstić information content (AvgIpc) is 2.90. The Morgan fingerprint density at radius 2 is 2.09 bits per heavy atom. The molecule has 7 nitrogen and oxygen atoms in total. The largest absolute Gasteiger partial charge is 0.267 e. The van der Waals surface area contributed by atoms with Gasteiger partial charge in [0, 0.05) is 28.4 Å². The van der Waals surface area contributed by atoms with Crippen LogP contribution in [0.1, 0.15) is 13.3 Å². The maximum atomic E-state index is 13.1. The molecule has 0 amide bonds. The molecule has 1 aromatic carbocycles. The summed E-state index contributed by atoms with van der Waals surface area (Å²) in [5.41, 5.74) is 0.182. The maximum Gasteiger partial charge on any atom is 0.267 e. The van der Waals surface area contributed by atoms with Gasteiger partial charge in [-0.2, -0.15) is 9.19 Å². The Bertz CT molecular complexity index is 977. The van der Waals surface area contributed by atoms with E-state index in [0.717, 1.165) is 4.09 Å². The van der Waals surface area contributed by atoms with Crippen LogP contribution in [0, 0.1) is 10.1 Å². The lowest BCUT2D eigenvalue weighted by Gasteiger charge is -2.27. The fourth-order valence-electron chi connectivity index (χ4n) is 2.56. The highest BCUT2D eigenvalue weighted by atomic mass is 79.9. The van der Waals surface area contributed by atoms with Crippen molar-refractivity contribution < 1.29 is 13.3 Å². The van der Waals surface area contributed by atoms with Crippen molar-refractivity contribution in [3.05, 3.63) is 62.9 Å². The minimum absolute atomic E-state index is 0.0981. The van der Waals surface area contributed by atoms with Crippen LogP contribution in [-0.2, 0) is 10.0 Å². The summed E-state index contributed by atoms with van der Waals surface area (Å²) < 4.78 is 26.1. The van der Waals surface area contributed by atoms with Gasteiger partial charge in [0.1, 0.15) is 4.75 Å². The molecule has 0 spiro atoms. The molecule has 3 rings (SSSR count). The van der Waals surface area contributed by atoms with Crippen molar-refractivity contribution in [1.29, 1.82) is 0 Å². The Morgan fingerprint density at radius 3 is 2.78 bits per heavy atom. The van der Waals surface area contributed by atoms with Gasteiger partial charge in [0.25, 0.3) is 15.7 Å². The molecule has 23 heavy (non-hydrogen) atoms. The zero-order chi connectivity index (χ0) is 16.8. The number of halogens is 1. The fourth-order valence-corrected chi connectivity index (χ4v) is 5.16. The van der Waals surface area contributed by atoms with Crippen LogP contribution in [0.5, 0.6) is 0 Å². The van der Waals surface area contributed by atoms with Crippen LogP contribution < -0.4 is 0 Å². The van der Waals surface area contributed by atoms with E-state index >= 15 is 0 Å². The van der Waals surface area contributed by atoms with E-state index in [9.17, 15) is 18.5 Å². The van der Waals surface area contributed by atoms with Crippen molar-refractivity contribution in [2.75, 3.05) is 0 Å². The van der Waals surface area contributed by atoms with Gasteiger partial charge < -0.3 is 0 Å². The number of allylic oxidation sites excluding steroid dienone is 2. The molecule has 1 aliphatic carbocycles. The number of benzene rings is 1. The Labute approximate surface area is 140 Å². The second kappa shape index (κ2) is 5.27. The number of aromatic nitrogens is 2. The number of nitro groups is 1. The molecule has 120 valence electrons. The number of para-hydroxylation sites is 1. The predicted octanol–water partition coefficient (Wildman–Crippen LogP) is 2.82. The van der Waals surface area contributed by atoms with Crippen molar-refractivity contribution in [1.82, 2.24) is 9.19 Å². The van der Waals surface area contributed by atoms with Crippen LogP contribution in [0.4, 0.5) is 0 Å². The van der Waals surface area contributed by atoms with Gasteiger partial charge in [0.2, 0.25) is 0 Å². The summed E-state index contributed by atoms with van der Waals surface area (Å²) in [5.74, 6) is 0. The quantitative estimate of drug-likeness (QED) is 0.585. The third-order valence-electron chi connectivity index (χ3n) is 3.75. The smallest absolute Gasteiger partial charge is 0.258 e. The summed E-state index contributed by atoms with van der Waals surface area (Å²) in [6.07, 6.45) is 4.05. The Balaban J connectivity index is 2.20. The van der Waals surface area contributed by atoms with E-state index in [1.807, 2.05) is 0 Å². The summed E-state index contributed by atoms with van der Waals surface area (Å²) in [7, 11) is -3.99. The van der Waals surface area contributed by atoms with Crippen LogP contribution in [0.25, 0.3) is 10.9 Å². The zero-order valence-electron chi connectivity index (χ0n) is 12.0. The van der Waals surface area contributed by atoms with Crippen molar-refractivity contribution in [2.45, 2.75) is 18.1 Å². The maximum absolute atomic E-state index is 13.1. The molecule has 2 aromatic rings. The van der Waals surface area contributed by atoms with Crippen LogP contribution in [-0.4, -0.2) is 27.3 Å². The van der Waals surface area contributed by atoms with Gasteiger partial charge in [0.05, 0.1) is 16.6 Å². The number of hydrogen-bond acceptors (Lipinski definition) is 5. The van der Waals surface area contributed by atoms with E-state index in [1.54, 1.807) is 24.3 Å². The molecular formula is C14H12BrN3O4S. The van der Waals surface area contributed by atoms with Gasteiger partial charge in [-0.1, -0.05) is 34.1 Å². The topological polar surface area (TPSA) is 95.1 Å². The second-order valence-electron chi connectivity index (χ2n) is 5.46. The molecule has 1 heterocycles. The SMILES string of the molecule is CC1(S(=O)(=O)n2ncc3ccccc32)C=C([N+](=O)[O-])C=C(Br)C1. The van der Waals surface area contributed by atoms with Gasteiger partial charge in [-0.15, -0.1) is 0 Å². The van der Waals surface area contributed by atoms with Crippen molar-refractivity contribution in [3.63, 3.8) is 0 Å². The van der Waals surface area contributed by atoms with Crippen LogP contribution in [0.2, 0.25) is 0 Å². The highest BCUT2D eigenvalue weighted by Gasteiger charge is 2.44. The van der Waals surface area contributed by atoms with E-state index in [0.29, 0.717) is 15.4 Å². The summed E-state index contributed by atoms with van der Waals surface area (Å²) in [5, 5.41) is 15.7. The highest BCUT2D eigenvalue weighted by Crippen LogP contribution is 2.37. The van der Waals surface area contributed by atoms with Crippen LogP contribution in [0.3, 0.4) is 0 Å². The molecule has 0 N–H and O–H groups in total. The molecule has 0 fully saturated rings. The third-order valence-corrected chi connectivity index (χ3v) is 6.45. The molecule has 0 saturated heterocycles. The molecule has 0 radical (unpaired) electrons. The van der Waals surface area contributed by atoms with E-state index in [1.165, 1.54) is 25.3 Å². The molecule has 0 aliphatic heterocycles. The number of rotatable bonds is 3. The first-order valence-corrected chi connectivity index (χ1v) is 8.89. The summed E-state index contributed by atoms with van der Waals surface area (Å²) in [4.78, 5) is 10.5. The van der Waals surface area contributed by atoms with Gasteiger partial charge in [0.15, 0.2) is 0 Å². The molecule has 9 heteroatoms. The number of fused-ring (bicyclic) bond motifs is 1. The lowest BCUT2D eigenvalue weighted by atomic mass is 10.0. The van der Waals surface area contributed by atoms with Crippen molar-refractivity contribution in [2.24, 2.45) is 0 Å². The van der Waals surface area contributed by atoms with Crippen LogP contribution >= 0.6 is 15.9 Å². The van der Waals surface area contributed by atoms with E-state index in [4.69, 9.17) is 0 Å². The Morgan fingerprint density at radius 1 is 1.39 bits per heavy atom. The minimum atomic E-state index is -3.99. The minimum Gasteiger partial charge on any atom is -0.258 e. The zero-order valence-corrected chi connectivity index (χ0v) is 14.4. The molecular weight excluding hydrogens is 386 g/mol. The van der Waals surface area contributed by atoms with Gasteiger partial charge >= 0.3 is 0 Å². The third kappa shape index (κ3) is 2.49. The fraction of sp³-hybridized carbons (Fsp3) is 0.214. The second-order valence-corrected chi connectivity index (χ2v) is 8.71. The van der Waals surface area contributed by atoms with Crippen LogP contribution in [0.15, 0.2) is 52.8 Å². The number of hydrogen-bond donors (Lipinski definition) is 0. The van der Waals surface area contributed by atoms with E-state index in [2.05, 4.69) is 21.0 Å². The monoisotopic (exact) mass is 397 g/mol. The molecule has 1 aliphatic rings. The molecule has 0 bridgehead atoms. The lowest BCUT2D eigenvalue weighted by Crippen LogP contribution is -2.40. The first-order chi connectivity index (χ1) is 10.7. The first kappa shape index (κ1) is 15.9. The standard InChI is InChI=1S/C14H12BrN3O4S/c1-14(7-11(15)6-12(8-14)18(19)20)23(21,22)17-13-5-3-2-4-10(13)9-16-17/h2-6,8-9H,7H2,1H3. The number of nitrogens with zero attached hydrogens (tertiary/aromatic N) is 3. The molecule has 1 unspecified atom stereocenters. The van der Waals surface area contributed by atoms with Gasteiger partial charge in [-0.3, -0.25) is 10.1 Å². The Hall–Kier alpha value is -2.00. The average molecular weight is 398 g/mol. The highest BCUT2D eigenvalue weighted by molar-refractivity contribution is 9.11. The molecule has 0 saturated carbocycles. The van der Waals surface area contributed by atoms with Crippen molar-refractivity contribution in [3.8, 4) is 0 Å². The van der Waals surface area contributed by atoms with E-state index < -0.39 is 19.7 Å². The van der Waals surface area contributed by atoms with Crippen molar-refractivity contribution >= 4 is 36.9 Å². The lowest BCUT2D eigenvalue weighted by molar-refractivity contribution is -0.419. The van der Waals surface area contributed by atoms with Gasteiger partial charge in [-0.25, -0.2) is 8.42 Å². The molecule has 1 atom stereocenters. The van der Waals surface area contributed by atoms with Gasteiger partial charge in [-0.05, 0) is 13.0 Å². The summed E-state index contributed by atoms with van der Waals surface area (Å²) >= 11 is 3.20. The summed E-state index contributed by atoms with van der Waals surface area (Å²) in [6.45, 7) is 1.45. The molecule has 1 aromatic heterocycles. The first-order valence-electron chi connectivity index (χ1n) is 6.66. The predicted molar refractivity (Wildman–Crippen MR) is 89.2 cm³/mol. The van der Waals surface area contributed by atoms with E-state index in [-0.39, 0.29) is 12.1 Å². The Kier molecular flexibility index (Phi) is 3.64. The normalized spacial score (nSPS) is 21.8.